The summed E-state index contributed by atoms with van der Waals surface area (Å²) < 4.78 is 21.9. The summed E-state index contributed by atoms with van der Waals surface area (Å²) in [5.74, 6) is -2.29. The minimum atomic E-state index is -0.832. The van der Waals surface area contributed by atoms with Gasteiger partial charge in [0.1, 0.15) is 23.9 Å². The van der Waals surface area contributed by atoms with Crippen molar-refractivity contribution in [3.8, 4) is 0 Å². The van der Waals surface area contributed by atoms with Crippen molar-refractivity contribution in [1.29, 1.82) is 0 Å². The lowest BCUT2D eigenvalue weighted by molar-refractivity contribution is -0.176. The first kappa shape index (κ1) is 14.9. The van der Waals surface area contributed by atoms with Crippen molar-refractivity contribution in [3.05, 3.63) is 17.0 Å². The number of carbonyl (C=O) groups is 2. The lowest BCUT2D eigenvalue weighted by Gasteiger charge is -2.21. The number of amides is 1. The fraction of sp³-hybridized carbons (Fsp3) is 0.615. The molecule has 3 heterocycles. The molecule has 2 aliphatic heterocycles. The fourth-order valence-electron chi connectivity index (χ4n) is 2.84. The van der Waals surface area contributed by atoms with Gasteiger partial charge >= 0.3 is 5.97 Å². The van der Waals surface area contributed by atoms with E-state index in [9.17, 15) is 9.59 Å². The minimum Gasteiger partial charge on any atom is -0.465 e. The normalized spacial score (nSPS) is 29.3. The molecule has 2 aliphatic rings. The standard InChI is InChI=1S/C13H17N3O6/c1-13(2)21-5-4-20-10(9(5)22-13)7-6(12(18)19-3)8(11(14)17)16-15-7/h5,9-10H,4H2,1-3H3,(H2,14,17)(H,15,16)/t5-,9+,10-/m0/s1. The maximum absolute atomic E-state index is 12.0. The van der Waals surface area contributed by atoms with Crippen LogP contribution in [0, 0.1) is 0 Å². The van der Waals surface area contributed by atoms with Crippen LogP contribution in [0.15, 0.2) is 0 Å². The predicted molar refractivity (Wildman–Crippen MR) is 71.0 cm³/mol. The molecule has 22 heavy (non-hydrogen) atoms. The molecule has 1 aromatic heterocycles. The van der Waals surface area contributed by atoms with Gasteiger partial charge in [-0.25, -0.2) is 4.79 Å². The predicted octanol–water partition coefficient (Wildman–Crippen LogP) is -0.113. The summed E-state index contributed by atoms with van der Waals surface area (Å²) in [5, 5.41) is 6.44. The van der Waals surface area contributed by atoms with Crippen molar-refractivity contribution in [2.75, 3.05) is 13.7 Å². The Hall–Kier alpha value is -1.97. The average Bonchev–Trinajstić information content (AvgIpc) is 3.08. The van der Waals surface area contributed by atoms with Gasteiger partial charge in [-0.15, -0.1) is 0 Å². The highest BCUT2D eigenvalue weighted by Crippen LogP contribution is 2.42. The third-order valence-electron chi connectivity index (χ3n) is 3.66. The lowest BCUT2D eigenvalue weighted by Crippen LogP contribution is -2.26. The summed E-state index contributed by atoms with van der Waals surface area (Å²) in [6.45, 7) is 3.90. The van der Waals surface area contributed by atoms with Gasteiger partial charge in [0.05, 0.1) is 19.4 Å². The first-order valence-electron chi connectivity index (χ1n) is 6.77. The van der Waals surface area contributed by atoms with Gasteiger partial charge in [-0.1, -0.05) is 0 Å². The third kappa shape index (κ3) is 2.27. The van der Waals surface area contributed by atoms with Crippen molar-refractivity contribution in [1.82, 2.24) is 10.2 Å². The SMILES string of the molecule is COC(=O)c1c(C(N)=O)n[nH]c1[C@@H]1OC[C@@H]2OC(C)(C)O[C@H]21. The van der Waals surface area contributed by atoms with Crippen LogP contribution in [0.1, 0.15) is 46.5 Å². The molecule has 120 valence electrons. The van der Waals surface area contributed by atoms with Crippen LogP contribution in [-0.2, 0) is 18.9 Å². The van der Waals surface area contributed by atoms with Crippen LogP contribution in [0.2, 0.25) is 0 Å². The fourth-order valence-corrected chi connectivity index (χ4v) is 2.84. The smallest absolute Gasteiger partial charge is 0.342 e. The van der Waals surface area contributed by atoms with Crippen molar-refractivity contribution in [3.63, 3.8) is 0 Å². The maximum Gasteiger partial charge on any atom is 0.342 e. The highest BCUT2D eigenvalue weighted by molar-refractivity contribution is 6.04. The van der Waals surface area contributed by atoms with E-state index < -0.39 is 29.9 Å². The van der Waals surface area contributed by atoms with Gasteiger partial charge in [0.25, 0.3) is 5.91 Å². The van der Waals surface area contributed by atoms with E-state index in [1.54, 1.807) is 13.8 Å². The number of nitrogens with one attached hydrogen (secondary N) is 1. The molecule has 2 fully saturated rings. The monoisotopic (exact) mass is 311 g/mol. The Labute approximate surface area is 126 Å². The van der Waals surface area contributed by atoms with Gasteiger partial charge in [0.2, 0.25) is 0 Å². The Balaban J connectivity index is 1.99. The highest BCUT2D eigenvalue weighted by atomic mass is 16.8. The molecule has 0 saturated carbocycles. The number of nitrogens with zero attached hydrogens (tertiary/aromatic N) is 1. The van der Waals surface area contributed by atoms with Crippen molar-refractivity contribution < 1.29 is 28.5 Å². The Morgan fingerprint density at radius 1 is 1.41 bits per heavy atom. The van der Waals surface area contributed by atoms with Gasteiger partial charge in [0, 0.05) is 0 Å². The third-order valence-corrected chi connectivity index (χ3v) is 3.66. The van der Waals surface area contributed by atoms with Crippen molar-refractivity contribution >= 4 is 11.9 Å². The first-order valence-corrected chi connectivity index (χ1v) is 6.77. The van der Waals surface area contributed by atoms with Crippen molar-refractivity contribution in [2.45, 2.75) is 37.9 Å². The largest absolute Gasteiger partial charge is 0.465 e. The zero-order valence-electron chi connectivity index (χ0n) is 12.4. The summed E-state index contributed by atoms with van der Waals surface area (Å²) in [6.07, 6.45) is -1.30. The summed E-state index contributed by atoms with van der Waals surface area (Å²) in [4.78, 5) is 23.4. The quantitative estimate of drug-likeness (QED) is 0.746. The van der Waals surface area contributed by atoms with E-state index in [1.807, 2.05) is 0 Å². The molecule has 0 aliphatic carbocycles. The second-order valence-corrected chi connectivity index (χ2v) is 5.61. The van der Waals surface area contributed by atoms with Gasteiger partial charge in [-0.2, -0.15) is 5.10 Å². The molecule has 2 saturated heterocycles. The van der Waals surface area contributed by atoms with Crippen LogP contribution in [-0.4, -0.2) is 53.8 Å². The molecule has 3 atom stereocenters. The number of nitrogens with two attached hydrogens (primary N) is 1. The summed E-state index contributed by atoms with van der Waals surface area (Å²) >= 11 is 0. The molecule has 3 N–H and O–H groups in total. The van der Waals surface area contributed by atoms with Crippen LogP contribution >= 0.6 is 0 Å². The molecule has 0 aromatic carbocycles. The number of aromatic nitrogens is 2. The number of ether oxygens (including phenoxy) is 4. The second kappa shape index (κ2) is 5.04. The molecule has 3 rings (SSSR count). The van der Waals surface area contributed by atoms with Gasteiger partial charge in [-0.05, 0) is 13.8 Å². The Kier molecular flexibility index (Phi) is 3.42. The number of hydrogen-bond acceptors (Lipinski definition) is 7. The van der Waals surface area contributed by atoms with E-state index in [1.165, 1.54) is 7.11 Å². The Morgan fingerprint density at radius 3 is 2.77 bits per heavy atom. The zero-order chi connectivity index (χ0) is 16.1. The van der Waals surface area contributed by atoms with E-state index >= 15 is 0 Å². The van der Waals surface area contributed by atoms with E-state index in [0.717, 1.165) is 0 Å². The number of aromatic amines is 1. The van der Waals surface area contributed by atoms with E-state index in [0.29, 0.717) is 12.3 Å². The topological polar surface area (TPSA) is 126 Å². The Morgan fingerprint density at radius 2 is 2.14 bits per heavy atom. The number of methoxy groups -OCH3 is 1. The van der Waals surface area contributed by atoms with E-state index in [4.69, 9.17) is 24.7 Å². The second-order valence-electron chi connectivity index (χ2n) is 5.61. The molecule has 1 amide bonds. The zero-order valence-corrected chi connectivity index (χ0v) is 12.4. The van der Waals surface area contributed by atoms with Gasteiger partial charge in [0.15, 0.2) is 11.5 Å². The average molecular weight is 311 g/mol. The lowest BCUT2D eigenvalue weighted by atomic mass is 10.0. The Bertz CT molecular complexity index is 625. The summed E-state index contributed by atoms with van der Waals surface area (Å²) in [7, 11) is 1.21. The van der Waals surface area contributed by atoms with Gasteiger partial charge < -0.3 is 24.7 Å². The molecular formula is C13H17N3O6. The maximum atomic E-state index is 12.0. The molecule has 0 spiro atoms. The number of fused-ring (bicyclic) bond motifs is 1. The first-order chi connectivity index (χ1) is 10.3. The molecule has 1 aromatic rings. The minimum absolute atomic E-state index is 0.0334. The van der Waals surface area contributed by atoms with Crippen molar-refractivity contribution in [2.24, 2.45) is 5.73 Å². The molecule has 0 radical (unpaired) electrons. The van der Waals surface area contributed by atoms with E-state index in [2.05, 4.69) is 10.2 Å². The summed E-state index contributed by atoms with van der Waals surface area (Å²) in [5.41, 5.74) is 5.32. The number of H-pyrrole nitrogens is 1. The molecular weight excluding hydrogens is 294 g/mol. The van der Waals surface area contributed by atoms with Crippen LogP contribution in [0.5, 0.6) is 0 Å². The van der Waals surface area contributed by atoms with Gasteiger partial charge in [-0.3, -0.25) is 9.89 Å². The highest BCUT2D eigenvalue weighted by Gasteiger charge is 2.52. The number of primary amides is 1. The molecule has 9 nitrogen and oxygen atoms in total. The number of rotatable bonds is 3. The van der Waals surface area contributed by atoms with Crippen LogP contribution < -0.4 is 5.73 Å². The molecule has 0 bridgehead atoms. The number of esters is 1. The number of carbonyl (C=O) groups excluding carboxylic acids is 2. The van der Waals surface area contributed by atoms with Crippen LogP contribution in [0.3, 0.4) is 0 Å². The molecule has 9 heteroatoms. The number of hydrogen-bond donors (Lipinski definition) is 2. The van der Waals surface area contributed by atoms with Crippen LogP contribution in [0.25, 0.3) is 0 Å². The summed E-state index contributed by atoms with van der Waals surface area (Å²) in [6, 6.07) is 0. The van der Waals surface area contributed by atoms with Crippen LogP contribution in [0.4, 0.5) is 0 Å². The molecule has 0 unspecified atom stereocenters. The van der Waals surface area contributed by atoms with E-state index in [-0.39, 0.29) is 17.4 Å².